The zero-order valence-electron chi connectivity index (χ0n) is 15.7. The average molecular weight is 371 g/mol. The van der Waals surface area contributed by atoms with Crippen LogP contribution in [0, 0.1) is 11.7 Å². The summed E-state index contributed by atoms with van der Waals surface area (Å²) in [6.07, 6.45) is 1.78. The van der Waals surface area contributed by atoms with Crippen LogP contribution in [0.25, 0.3) is 0 Å². The van der Waals surface area contributed by atoms with E-state index >= 15 is 0 Å². The standard InChI is InChI=1S/C20H26FN5O/c1-25(2)12-16-13-26(19-5-3-4-10-22-19)14-18(16)24-20(27)23-11-15-6-8-17(21)9-7-15/h3-10,16,18H,11-14H2,1-2H3,(H2,23,24,27)/t16-,18-/m1/s1. The molecule has 2 N–H and O–H groups in total. The van der Waals surface area contributed by atoms with Crippen molar-refractivity contribution in [3.05, 3.63) is 60.0 Å². The second kappa shape index (κ2) is 8.81. The van der Waals surface area contributed by atoms with Crippen LogP contribution in [-0.2, 0) is 6.54 Å². The number of anilines is 1. The lowest BCUT2D eigenvalue weighted by Gasteiger charge is -2.22. The number of benzene rings is 1. The van der Waals surface area contributed by atoms with E-state index in [1.807, 2.05) is 32.3 Å². The molecule has 2 heterocycles. The molecule has 27 heavy (non-hydrogen) atoms. The predicted molar refractivity (Wildman–Crippen MR) is 104 cm³/mol. The number of nitrogens with zero attached hydrogens (tertiary/aromatic N) is 3. The summed E-state index contributed by atoms with van der Waals surface area (Å²) in [4.78, 5) is 21.1. The molecular weight excluding hydrogens is 345 g/mol. The van der Waals surface area contributed by atoms with Gasteiger partial charge >= 0.3 is 6.03 Å². The number of hydrogen-bond donors (Lipinski definition) is 2. The maximum atomic E-state index is 13.0. The number of pyridine rings is 1. The first-order chi connectivity index (χ1) is 13.0. The number of rotatable bonds is 6. The van der Waals surface area contributed by atoms with Gasteiger partial charge in [-0.05, 0) is 43.9 Å². The molecule has 0 radical (unpaired) electrons. The number of urea groups is 1. The van der Waals surface area contributed by atoms with E-state index in [9.17, 15) is 9.18 Å². The molecule has 1 aromatic heterocycles. The third-order valence-electron chi connectivity index (χ3n) is 4.70. The largest absolute Gasteiger partial charge is 0.354 e. The van der Waals surface area contributed by atoms with Crippen LogP contribution in [0.4, 0.5) is 15.0 Å². The Labute approximate surface area is 159 Å². The van der Waals surface area contributed by atoms with Crippen LogP contribution in [-0.4, -0.2) is 55.7 Å². The minimum absolute atomic E-state index is 0.0302. The van der Waals surface area contributed by atoms with Crippen molar-refractivity contribution in [2.45, 2.75) is 12.6 Å². The summed E-state index contributed by atoms with van der Waals surface area (Å²) >= 11 is 0. The summed E-state index contributed by atoms with van der Waals surface area (Å²) < 4.78 is 13.0. The molecule has 0 bridgehead atoms. The summed E-state index contributed by atoms with van der Waals surface area (Å²) in [5.41, 5.74) is 0.859. The topological polar surface area (TPSA) is 60.5 Å². The van der Waals surface area contributed by atoms with Crippen LogP contribution >= 0.6 is 0 Å². The van der Waals surface area contributed by atoms with Crippen LogP contribution in [0.1, 0.15) is 5.56 Å². The molecule has 3 rings (SSSR count). The fourth-order valence-electron chi connectivity index (χ4n) is 3.42. The van der Waals surface area contributed by atoms with Gasteiger partial charge in [0.15, 0.2) is 0 Å². The van der Waals surface area contributed by atoms with Gasteiger partial charge in [-0.1, -0.05) is 18.2 Å². The number of nitrogens with one attached hydrogen (secondary N) is 2. The van der Waals surface area contributed by atoms with Crippen LogP contribution in [0.3, 0.4) is 0 Å². The monoisotopic (exact) mass is 371 g/mol. The van der Waals surface area contributed by atoms with Crippen LogP contribution in [0.2, 0.25) is 0 Å². The Morgan fingerprint density at radius 2 is 2.00 bits per heavy atom. The fourth-order valence-corrected chi connectivity index (χ4v) is 3.42. The van der Waals surface area contributed by atoms with Crippen molar-refractivity contribution in [1.29, 1.82) is 0 Å². The van der Waals surface area contributed by atoms with Gasteiger partial charge in [-0.3, -0.25) is 0 Å². The number of hydrogen-bond acceptors (Lipinski definition) is 4. The normalized spacial score (nSPS) is 19.3. The van der Waals surface area contributed by atoms with Crippen LogP contribution in [0.5, 0.6) is 0 Å². The van der Waals surface area contributed by atoms with Gasteiger partial charge in [-0.2, -0.15) is 0 Å². The van der Waals surface area contributed by atoms with E-state index in [0.717, 1.165) is 31.0 Å². The first-order valence-electron chi connectivity index (χ1n) is 9.11. The summed E-state index contributed by atoms with van der Waals surface area (Å²) in [5.74, 6) is 0.950. The summed E-state index contributed by atoms with van der Waals surface area (Å²) in [7, 11) is 4.07. The quantitative estimate of drug-likeness (QED) is 0.816. The maximum absolute atomic E-state index is 13.0. The Hall–Kier alpha value is -2.67. The maximum Gasteiger partial charge on any atom is 0.315 e. The van der Waals surface area contributed by atoms with E-state index in [0.29, 0.717) is 12.5 Å². The smallest absolute Gasteiger partial charge is 0.315 e. The molecule has 1 aliphatic heterocycles. The molecule has 1 aliphatic rings. The molecule has 0 saturated carbocycles. The van der Waals surface area contributed by atoms with Gasteiger partial charge in [-0.25, -0.2) is 14.2 Å². The van der Waals surface area contributed by atoms with Gasteiger partial charge in [0.05, 0.1) is 6.04 Å². The zero-order chi connectivity index (χ0) is 19.2. The SMILES string of the molecule is CN(C)C[C@@H]1CN(c2ccccn2)C[C@H]1NC(=O)NCc1ccc(F)cc1. The molecule has 2 atom stereocenters. The van der Waals surface area contributed by atoms with Gasteiger partial charge < -0.3 is 20.4 Å². The molecule has 7 heteroatoms. The lowest BCUT2D eigenvalue weighted by molar-refractivity contribution is 0.230. The van der Waals surface area contributed by atoms with E-state index < -0.39 is 0 Å². The van der Waals surface area contributed by atoms with Crippen molar-refractivity contribution in [1.82, 2.24) is 20.5 Å². The summed E-state index contributed by atoms with van der Waals surface area (Å²) in [6, 6.07) is 11.8. The summed E-state index contributed by atoms with van der Waals surface area (Å²) in [6.45, 7) is 2.81. The lowest BCUT2D eigenvalue weighted by atomic mass is 10.0. The highest BCUT2D eigenvalue weighted by Gasteiger charge is 2.34. The second-order valence-electron chi connectivity index (χ2n) is 7.18. The third kappa shape index (κ3) is 5.40. The van der Waals surface area contributed by atoms with Crippen LogP contribution in [0.15, 0.2) is 48.7 Å². The lowest BCUT2D eigenvalue weighted by Crippen LogP contribution is -2.47. The molecule has 0 unspecified atom stereocenters. The third-order valence-corrected chi connectivity index (χ3v) is 4.70. The van der Waals surface area contributed by atoms with E-state index in [1.165, 1.54) is 12.1 Å². The minimum atomic E-state index is -0.282. The Bertz CT molecular complexity index is 738. The molecule has 1 fully saturated rings. The van der Waals surface area contributed by atoms with Crippen molar-refractivity contribution in [2.24, 2.45) is 5.92 Å². The molecule has 2 amide bonds. The Morgan fingerprint density at radius 1 is 1.22 bits per heavy atom. The molecule has 1 aromatic carbocycles. The van der Waals surface area contributed by atoms with Crippen molar-refractivity contribution >= 4 is 11.8 Å². The van der Waals surface area contributed by atoms with E-state index in [4.69, 9.17) is 0 Å². The van der Waals surface area contributed by atoms with E-state index in [1.54, 1.807) is 18.3 Å². The Balaban J connectivity index is 1.58. The van der Waals surface area contributed by atoms with Gasteiger partial charge in [0, 0.05) is 38.3 Å². The van der Waals surface area contributed by atoms with Gasteiger partial charge in [0.1, 0.15) is 11.6 Å². The van der Waals surface area contributed by atoms with Crippen molar-refractivity contribution in [3.8, 4) is 0 Å². The molecular formula is C20H26FN5O. The second-order valence-corrected chi connectivity index (χ2v) is 7.18. The van der Waals surface area contributed by atoms with Crippen molar-refractivity contribution < 1.29 is 9.18 Å². The predicted octanol–water partition coefficient (Wildman–Crippen LogP) is 2.09. The average Bonchev–Trinajstić information content (AvgIpc) is 3.04. The molecule has 144 valence electrons. The van der Waals surface area contributed by atoms with E-state index in [-0.39, 0.29) is 17.9 Å². The number of carbonyl (C=O) groups excluding carboxylic acids is 1. The number of halogens is 1. The van der Waals surface area contributed by atoms with E-state index in [2.05, 4.69) is 25.4 Å². The van der Waals surface area contributed by atoms with Gasteiger partial charge in [-0.15, -0.1) is 0 Å². The minimum Gasteiger partial charge on any atom is -0.354 e. The van der Waals surface area contributed by atoms with Crippen molar-refractivity contribution in [3.63, 3.8) is 0 Å². The molecule has 0 aliphatic carbocycles. The highest BCUT2D eigenvalue weighted by atomic mass is 19.1. The molecule has 1 saturated heterocycles. The molecule has 2 aromatic rings. The molecule has 6 nitrogen and oxygen atoms in total. The number of aromatic nitrogens is 1. The first kappa shape index (κ1) is 19.1. The highest BCUT2D eigenvalue weighted by Crippen LogP contribution is 2.23. The van der Waals surface area contributed by atoms with Crippen molar-refractivity contribution in [2.75, 3.05) is 38.6 Å². The van der Waals surface area contributed by atoms with Gasteiger partial charge in [0.25, 0.3) is 0 Å². The Morgan fingerprint density at radius 3 is 2.67 bits per heavy atom. The summed E-state index contributed by atoms with van der Waals surface area (Å²) in [5, 5.41) is 5.95. The highest BCUT2D eigenvalue weighted by molar-refractivity contribution is 5.74. The zero-order valence-corrected chi connectivity index (χ0v) is 15.7. The molecule has 0 spiro atoms. The van der Waals surface area contributed by atoms with Gasteiger partial charge in [0.2, 0.25) is 0 Å². The first-order valence-corrected chi connectivity index (χ1v) is 9.11. The Kier molecular flexibility index (Phi) is 6.24. The number of carbonyl (C=O) groups is 1. The fraction of sp³-hybridized carbons (Fsp3) is 0.400. The van der Waals surface area contributed by atoms with Crippen LogP contribution < -0.4 is 15.5 Å². The number of amides is 2.